The summed E-state index contributed by atoms with van der Waals surface area (Å²) in [6.45, 7) is 8.60. The Balaban J connectivity index is 0.00000210. The van der Waals surface area contributed by atoms with Gasteiger partial charge in [0.25, 0.3) is 0 Å². The summed E-state index contributed by atoms with van der Waals surface area (Å²) < 4.78 is 5.88. The molecular formula is C19H28ClN5OS. The molecule has 2 fully saturated rings. The van der Waals surface area contributed by atoms with E-state index in [-0.39, 0.29) is 12.4 Å². The molecule has 6 nitrogen and oxygen atoms in total. The number of carbonyl (C=O) groups excluding carboxylic acids is 1. The van der Waals surface area contributed by atoms with Crippen molar-refractivity contribution < 1.29 is 4.79 Å². The van der Waals surface area contributed by atoms with E-state index in [1.54, 1.807) is 11.5 Å². The van der Waals surface area contributed by atoms with Crippen LogP contribution in [-0.4, -0.2) is 90.9 Å². The van der Waals surface area contributed by atoms with Gasteiger partial charge in [-0.2, -0.15) is 4.37 Å². The molecule has 0 atom stereocenters. The van der Waals surface area contributed by atoms with E-state index in [1.807, 2.05) is 4.90 Å². The summed E-state index contributed by atoms with van der Waals surface area (Å²) in [6, 6.07) is 8.38. The Hall–Kier alpha value is -1.41. The van der Waals surface area contributed by atoms with Gasteiger partial charge in [-0.25, -0.2) is 0 Å². The number of likely N-dealkylation sites (N-methyl/N-ethyl adjacent to an activating group) is 1. The van der Waals surface area contributed by atoms with E-state index in [9.17, 15) is 4.79 Å². The second-order valence-corrected chi connectivity index (χ2v) is 8.07. The minimum absolute atomic E-state index is 0. The van der Waals surface area contributed by atoms with Crippen molar-refractivity contribution in [3.05, 3.63) is 24.3 Å². The van der Waals surface area contributed by atoms with E-state index in [2.05, 4.69) is 50.4 Å². The van der Waals surface area contributed by atoms with Crippen LogP contribution in [0.4, 0.5) is 5.82 Å². The molecular weight excluding hydrogens is 382 g/mol. The predicted octanol–water partition coefficient (Wildman–Crippen LogP) is 2.00. The highest BCUT2D eigenvalue weighted by atomic mass is 35.5. The molecule has 148 valence electrons. The van der Waals surface area contributed by atoms with Crippen molar-refractivity contribution in [1.82, 2.24) is 19.1 Å². The summed E-state index contributed by atoms with van der Waals surface area (Å²) in [6.07, 6.45) is 0.642. The van der Waals surface area contributed by atoms with E-state index in [0.29, 0.717) is 12.3 Å². The summed E-state index contributed by atoms with van der Waals surface area (Å²) in [5, 5.41) is 1.23. The fraction of sp³-hybridized carbons (Fsp3) is 0.579. The zero-order valence-corrected chi connectivity index (χ0v) is 17.5. The first-order valence-electron chi connectivity index (χ1n) is 9.49. The zero-order chi connectivity index (χ0) is 17.9. The number of aromatic nitrogens is 1. The van der Waals surface area contributed by atoms with Crippen molar-refractivity contribution in [3.8, 4) is 0 Å². The third-order valence-corrected chi connectivity index (χ3v) is 6.35. The number of carbonyl (C=O) groups is 1. The number of rotatable bonds is 4. The third-order valence-electron chi connectivity index (χ3n) is 5.53. The Bertz CT molecular complexity index is 753. The zero-order valence-electron chi connectivity index (χ0n) is 15.8. The maximum absolute atomic E-state index is 12.6. The van der Waals surface area contributed by atoms with Crippen LogP contribution in [0, 0.1) is 0 Å². The normalized spacial score (nSPS) is 19.3. The molecule has 2 aliphatic heterocycles. The molecule has 1 amide bonds. The Morgan fingerprint density at radius 2 is 1.74 bits per heavy atom. The highest BCUT2D eigenvalue weighted by molar-refractivity contribution is 7.13. The number of amides is 1. The Labute approximate surface area is 171 Å². The molecule has 2 saturated heterocycles. The van der Waals surface area contributed by atoms with Crippen LogP contribution in [0.2, 0.25) is 0 Å². The monoisotopic (exact) mass is 409 g/mol. The molecule has 2 aliphatic rings. The van der Waals surface area contributed by atoms with Crippen molar-refractivity contribution in [2.45, 2.75) is 6.42 Å². The van der Waals surface area contributed by atoms with Gasteiger partial charge in [-0.05, 0) is 30.7 Å². The van der Waals surface area contributed by atoms with Gasteiger partial charge in [-0.15, -0.1) is 12.4 Å². The number of fused-ring (bicyclic) bond motifs is 1. The summed E-state index contributed by atoms with van der Waals surface area (Å²) in [7, 11) is 2.16. The van der Waals surface area contributed by atoms with Crippen molar-refractivity contribution >= 4 is 45.8 Å². The standard InChI is InChI=1S/C19H27N5OS.ClH/c1-21-8-10-22(11-9-21)7-6-18(25)23-12-14-24(15-13-23)19-16-4-2-3-5-17(16)26-20-19;/h2-5H,6-15H2,1H3;1H. The molecule has 27 heavy (non-hydrogen) atoms. The van der Waals surface area contributed by atoms with Crippen LogP contribution in [0.25, 0.3) is 10.1 Å². The SMILES string of the molecule is CN1CCN(CCC(=O)N2CCN(c3nsc4ccccc34)CC2)CC1.Cl. The lowest BCUT2D eigenvalue weighted by Gasteiger charge is -2.36. The Kier molecular flexibility index (Phi) is 6.92. The van der Waals surface area contributed by atoms with Gasteiger partial charge in [-0.3, -0.25) is 4.79 Å². The van der Waals surface area contributed by atoms with Crippen molar-refractivity contribution in [1.29, 1.82) is 0 Å². The molecule has 0 radical (unpaired) electrons. The first-order chi connectivity index (χ1) is 12.7. The second kappa shape index (κ2) is 9.19. The highest BCUT2D eigenvalue weighted by Crippen LogP contribution is 2.29. The average molecular weight is 410 g/mol. The second-order valence-electron chi connectivity index (χ2n) is 7.27. The van der Waals surface area contributed by atoms with Gasteiger partial charge in [0, 0.05) is 70.7 Å². The van der Waals surface area contributed by atoms with Crippen LogP contribution in [0.5, 0.6) is 0 Å². The van der Waals surface area contributed by atoms with Crippen LogP contribution in [0.1, 0.15) is 6.42 Å². The van der Waals surface area contributed by atoms with E-state index >= 15 is 0 Å². The first-order valence-corrected chi connectivity index (χ1v) is 10.3. The molecule has 2 aromatic rings. The minimum Gasteiger partial charge on any atom is -0.352 e. The van der Waals surface area contributed by atoms with Crippen molar-refractivity contribution in [2.24, 2.45) is 0 Å². The largest absolute Gasteiger partial charge is 0.352 e. The Morgan fingerprint density at radius 1 is 1.04 bits per heavy atom. The van der Waals surface area contributed by atoms with Crippen LogP contribution in [0.3, 0.4) is 0 Å². The molecule has 8 heteroatoms. The molecule has 4 rings (SSSR count). The average Bonchev–Trinajstić information content (AvgIpc) is 3.11. The fourth-order valence-corrected chi connectivity index (χ4v) is 4.55. The minimum atomic E-state index is 0. The van der Waals surface area contributed by atoms with Gasteiger partial charge in [0.1, 0.15) is 5.82 Å². The lowest BCUT2D eigenvalue weighted by molar-refractivity contribution is -0.131. The van der Waals surface area contributed by atoms with Crippen LogP contribution < -0.4 is 4.90 Å². The van der Waals surface area contributed by atoms with E-state index < -0.39 is 0 Å². The lowest BCUT2D eigenvalue weighted by atomic mass is 10.2. The maximum Gasteiger partial charge on any atom is 0.223 e. The highest BCUT2D eigenvalue weighted by Gasteiger charge is 2.24. The van der Waals surface area contributed by atoms with E-state index in [1.165, 1.54) is 10.1 Å². The van der Waals surface area contributed by atoms with Crippen molar-refractivity contribution in [2.75, 3.05) is 70.9 Å². The molecule has 0 aliphatic carbocycles. The summed E-state index contributed by atoms with van der Waals surface area (Å²) >= 11 is 1.56. The Morgan fingerprint density at radius 3 is 2.48 bits per heavy atom. The summed E-state index contributed by atoms with van der Waals surface area (Å²) in [4.78, 5) is 21.7. The molecule has 0 bridgehead atoms. The molecule has 0 unspecified atom stereocenters. The molecule has 0 saturated carbocycles. The number of halogens is 1. The quantitative estimate of drug-likeness (QED) is 0.772. The van der Waals surface area contributed by atoms with Gasteiger partial charge in [0.15, 0.2) is 0 Å². The molecule has 0 spiro atoms. The maximum atomic E-state index is 12.6. The van der Waals surface area contributed by atoms with Crippen LogP contribution in [0.15, 0.2) is 24.3 Å². The number of hydrogen-bond donors (Lipinski definition) is 0. The number of piperazine rings is 2. The smallest absolute Gasteiger partial charge is 0.223 e. The van der Waals surface area contributed by atoms with E-state index in [4.69, 9.17) is 0 Å². The number of nitrogens with zero attached hydrogens (tertiary/aromatic N) is 5. The van der Waals surface area contributed by atoms with Gasteiger partial charge in [-0.1, -0.05) is 12.1 Å². The third kappa shape index (κ3) is 4.71. The first kappa shape index (κ1) is 20.3. The van der Waals surface area contributed by atoms with Crippen LogP contribution in [-0.2, 0) is 4.79 Å². The van der Waals surface area contributed by atoms with Crippen LogP contribution >= 0.6 is 23.9 Å². The summed E-state index contributed by atoms with van der Waals surface area (Å²) in [5.74, 6) is 1.38. The van der Waals surface area contributed by atoms with Gasteiger partial charge in [0.2, 0.25) is 5.91 Å². The molecule has 0 N–H and O–H groups in total. The van der Waals surface area contributed by atoms with E-state index in [0.717, 1.165) is 64.7 Å². The topological polar surface area (TPSA) is 42.9 Å². The van der Waals surface area contributed by atoms with Gasteiger partial charge < -0.3 is 19.6 Å². The fourth-order valence-electron chi connectivity index (χ4n) is 3.75. The lowest BCUT2D eigenvalue weighted by Crippen LogP contribution is -2.50. The molecule has 1 aromatic heterocycles. The number of benzene rings is 1. The van der Waals surface area contributed by atoms with Gasteiger partial charge in [0.05, 0.1) is 4.70 Å². The number of anilines is 1. The molecule has 1 aromatic carbocycles. The van der Waals surface area contributed by atoms with Gasteiger partial charge >= 0.3 is 0 Å². The predicted molar refractivity (Wildman–Crippen MR) is 114 cm³/mol. The molecule has 3 heterocycles. The number of hydrogen-bond acceptors (Lipinski definition) is 6. The van der Waals surface area contributed by atoms with Crippen molar-refractivity contribution in [3.63, 3.8) is 0 Å². The summed E-state index contributed by atoms with van der Waals surface area (Å²) in [5.41, 5.74) is 0.